The van der Waals surface area contributed by atoms with Crippen molar-refractivity contribution in [3.8, 4) is 0 Å². The third-order valence-electron chi connectivity index (χ3n) is 2.02. The fraction of sp³-hybridized carbons (Fsp3) is 0.333. The Labute approximate surface area is 105 Å². The summed E-state index contributed by atoms with van der Waals surface area (Å²) in [4.78, 5) is 0. The van der Waals surface area contributed by atoms with Crippen LogP contribution in [0.1, 0.15) is 11.6 Å². The molecule has 0 aliphatic heterocycles. The number of nitrogens with two attached hydrogens (primary N) is 1. The number of hydrazine groups is 1. The summed E-state index contributed by atoms with van der Waals surface area (Å²) < 4.78 is 22.3. The Kier molecular flexibility index (Phi) is 4.58. The second-order valence-electron chi connectivity index (χ2n) is 3.49. The van der Waals surface area contributed by atoms with Crippen LogP contribution in [0.15, 0.2) is 18.2 Å². The van der Waals surface area contributed by atoms with E-state index in [1.54, 1.807) is 18.2 Å². The molecule has 90 valence electrons. The van der Waals surface area contributed by atoms with Gasteiger partial charge in [-0.05, 0) is 17.7 Å². The summed E-state index contributed by atoms with van der Waals surface area (Å²) >= 11 is 11.6. The molecule has 0 aliphatic carbocycles. The summed E-state index contributed by atoms with van der Waals surface area (Å²) in [6, 6.07) is 4.39. The molecular formula is C9H12Cl2N2O2S. The highest BCUT2D eigenvalue weighted by Gasteiger charge is 2.16. The van der Waals surface area contributed by atoms with Crippen LogP contribution in [0.3, 0.4) is 0 Å². The highest BCUT2D eigenvalue weighted by atomic mass is 35.5. The van der Waals surface area contributed by atoms with Gasteiger partial charge in [0.2, 0.25) is 0 Å². The molecule has 0 bridgehead atoms. The Morgan fingerprint density at radius 2 is 2.00 bits per heavy atom. The Balaban J connectivity index is 3.00. The van der Waals surface area contributed by atoms with Gasteiger partial charge in [-0.1, -0.05) is 29.3 Å². The first kappa shape index (κ1) is 13.7. The third-order valence-corrected chi connectivity index (χ3v) is 3.69. The van der Waals surface area contributed by atoms with Gasteiger partial charge in [-0.25, -0.2) is 8.42 Å². The zero-order valence-corrected chi connectivity index (χ0v) is 10.9. The van der Waals surface area contributed by atoms with Gasteiger partial charge >= 0.3 is 0 Å². The first-order valence-corrected chi connectivity index (χ1v) is 7.24. The predicted molar refractivity (Wildman–Crippen MR) is 66.2 cm³/mol. The van der Waals surface area contributed by atoms with Crippen LogP contribution in [0.25, 0.3) is 0 Å². The molecule has 16 heavy (non-hydrogen) atoms. The van der Waals surface area contributed by atoms with Gasteiger partial charge < -0.3 is 0 Å². The molecule has 1 aromatic carbocycles. The average Bonchev–Trinajstić information content (AvgIpc) is 2.17. The van der Waals surface area contributed by atoms with Crippen LogP contribution in [-0.2, 0) is 9.84 Å². The van der Waals surface area contributed by atoms with Crippen molar-refractivity contribution >= 4 is 33.0 Å². The van der Waals surface area contributed by atoms with E-state index in [0.29, 0.717) is 15.6 Å². The van der Waals surface area contributed by atoms with Crippen molar-refractivity contribution in [2.45, 2.75) is 6.04 Å². The highest BCUT2D eigenvalue weighted by Crippen LogP contribution is 2.25. The molecule has 0 spiro atoms. The smallest absolute Gasteiger partial charge is 0.149 e. The summed E-state index contributed by atoms with van der Waals surface area (Å²) in [6.45, 7) is 0. The Hall–Kier alpha value is -0.330. The van der Waals surface area contributed by atoms with Crippen molar-refractivity contribution in [1.82, 2.24) is 5.43 Å². The molecule has 0 radical (unpaired) electrons. The van der Waals surface area contributed by atoms with Crippen molar-refractivity contribution in [3.63, 3.8) is 0 Å². The van der Waals surface area contributed by atoms with Crippen LogP contribution >= 0.6 is 23.2 Å². The molecule has 0 saturated carbocycles. The molecule has 1 atom stereocenters. The maximum absolute atomic E-state index is 11.2. The predicted octanol–water partition coefficient (Wildman–Crippen LogP) is 1.54. The molecule has 0 saturated heterocycles. The van der Waals surface area contributed by atoms with Crippen LogP contribution in [-0.4, -0.2) is 20.4 Å². The van der Waals surface area contributed by atoms with Gasteiger partial charge in [0.05, 0.1) is 21.8 Å². The minimum Gasteiger partial charge on any atom is -0.271 e. The van der Waals surface area contributed by atoms with Gasteiger partial charge in [0.15, 0.2) is 0 Å². The zero-order chi connectivity index (χ0) is 12.3. The lowest BCUT2D eigenvalue weighted by Crippen LogP contribution is -2.32. The summed E-state index contributed by atoms with van der Waals surface area (Å²) in [5, 5.41) is 0.786. The topological polar surface area (TPSA) is 72.2 Å². The van der Waals surface area contributed by atoms with Gasteiger partial charge in [-0.15, -0.1) is 0 Å². The lowest BCUT2D eigenvalue weighted by molar-refractivity contribution is 0.564. The van der Waals surface area contributed by atoms with Gasteiger partial charge in [-0.3, -0.25) is 11.3 Å². The molecule has 0 fully saturated rings. The minimum absolute atomic E-state index is 0.0958. The standard InChI is InChI=1S/C9H12Cl2N2O2S/c1-16(14,15)5-9(13-12)6-2-3-7(10)8(11)4-6/h2-4,9,13H,5,12H2,1H3. The van der Waals surface area contributed by atoms with Crippen molar-refractivity contribution < 1.29 is 8.42 Å². The SMILES string of the molecule is CS(=O)(=O)CC(NN)c1ccc(Cl)c(Cl)c1. The molecule has 7 heteroatoms. The maximum Gasteiger partial charge on any atom is 0.149 e. The van der Waals surface area contributed by atoms with Crippen molar-refractivity contribution in [1.29, 1.82) is 0 Å². The molecular weight excluding hydrogens is 271 g/mol. The summed E-state index contributed by atoms with van der Waals surface area (Å²) in [5.41, 5.74) is 3.12. The van der Waals surface area contributed by atoms with Gasteiger partial charge in [0.1, 0.15) is 9.84 Å². The van der Waals surface area contributed by atoms with Crippen molar-refractivity contribution in [2.75, 3.05) is 12.0 Å². The van der Waals surface area contributed by atoms with E-state index in [4.69, 9.17) is 29.0 Å². The van der Waals surface area contributed by atoms with Gasteiger partial charge in [0.25, 0.3) is 0 Å². The normalized spacial score (nSPS) is 13.8. The van der Waals surface area contributed by atoms with Crippen LogP contribution in [0.2, 0.25) is 10.0 Å². The molecule has 0 aliphatic rings. The fourth-order valence-corrected chi connectivity index (χ4v) is 2.47. The number of hydrogen-bond donors (Lipinski definition) is 2. The molecule has 3 N–H and O–H groups in total. The lowest BCUT2D eigenvalue weighted by Gasteiger charge is -2.15. The van der Waals surface area contributed by atoms with E-state index in [-0.39, 0.29) is 5.75 Å². The van der Waals surface area contributed by atoms with E-state index in [1.807, 2.05) is 0 Å². The van der Waals surface area contributed by atoms with Crippen LogP contribution < -0.4 is 11.3 Å². The van der Waals surface area contributed by atoms with Gasteiger partial charge in [0, 0.05) is 6.26 Å². The Bertz CT molecular complexity index is 476. The number of nitrogens with one attached hydrogen (secondary N) is 1. The summed E-state index contributed by atoms with van der Waals surface area (Å²) in [7, 11) is -3.13. The lowest BCUT2D eigenvalue weighted by atomic mass is 10.1. The Morgan fingerprint density at radius 3 is 2.44 bits per heavy atom. The number of sulfone groups is 1. The largest absolute Gasteiger partial charge is 0.271 e. The molecule has 0 aromatic heterocycles. The quantitative estimate of drug-likeness (QED) is 0.649. The Morgan fingerprint density at radius 1 is 1.38 bits per heavy atom. The molecule has 1 aromatic rings. The summed E-state index contributed by atoms with van der Waals surface area (Å²) in [5.74, 6) is 5.21. The van der Waals surface area contributed by atoms with E-state index >= 15 is 0 Å². The van der Waals surface area contributed by atoms with Crippen LogP contribution in [0.4, 0.5) is 0 Å². The number of rotatable bonds is 4. The molecule has 1 rings (SSSR count). The fourth-order valence-electron chi connectivity index (χ4n) is 1.27. The second-order valence-corrected chi connectivity index (χ2v) is 6.48. The first-order valence-electron chi connectivity index (χ1n) is 4.42. The first-order chi connectivity index (χ1) is 7.33. The highest BCUT2D eigenvalue weighted by molar-refractivity contribution is 7.90. The van der Waals surface area contributed by atoms with E-state index < -0.39 is 15.9 Å². The van der Waals surface area contributed by atoms with Gasteiger partial charge in [-0.2, -0.15) is 0 Å². The van der Waals surface area contributed by atoms with Crippen molar-refractivity contribution in [3.05, 3.63) is 33.8 Å². The molecule has 1 unspecified atom stereocenters. The van der Waals surface area contributed by atoms with Crippen molar-refractivity contribution in [2.24, 2.45) is 5.84 Å². The number of halogens is 2. The molecule has 4 nitrogen and oxygen atoms in total. The molecule has 0 heterocycles. The van der Waals surface area contributed by atoms with Crippen LogP contribution in [0.5, 0.6) is 0 Å². The van der Waals surface area contributed by atoms with E-state index in [1.165, 1.54) is 0 Å². The molecule has 0 amide bonds. The van der Waals surface area contributed by atoms with E-state index in [0.717, 1.165) is 6.26 Å². The third kappa shape index (κ3) is 3.92. The van der Waals surface area contributed by atoms with Crippen LogP contribution in [0, 0.1) is 0 Å². The summed E-state index contributed by atoms with van der Waals surface area (Å²) in [6.07, 6.45) is 1.15. The van der Waals surface area contributed by atoms with E-state index in [9.17, 15) is 8.42 Å². The minimum atomic E-state index is -3.13. The van der Waals surface area contributed by atoms with E-state index in [2.05, 4.69) is 5.43 Å². The monoisotopic (exact) mass is 282 g/mol. The zero-order valence-electron chi connectivity index (χ0n) is 8.57. The maximum atomic E-state index is 11.2. The second kappa shape index (κ2) is 5.33. The average molecular weight is 283 g/mol. The number of benzene rings is 1. The number of hydrogen-bond acceptors (Lipinski definition) is 4.